The lowest BCUT2D eigenvalue weighted by atomic mass is 10.1. The van der Waals surface area contributed by atoms with Gasteiger partial charge in [-0.25, -0.2) is 0 Å². The molecular weight excluding hydrogens is 367 g/mol. The number of benzene rings is 2. The highest BCUT2D eigenvalue weighted by atomic mass is 19.0. The van der Waals surface area contributed by atoms with Crippen LogP contribution in [0.3, 0.4) is 0 Å². The molecule has 148 valence electrons. The molecule has 0 heterocycles. The molecule has 0 aliphatic carbocycles. The van der Waals surface area contributed by atoms with E-state index in [9.17, 15) is 19.8 Å². The summed E-state index contributed by atoms with van der Waals surface area (Å²) in [6.07, 6.45) is 5.44. The first-order chi connectivity index (χ1) is 12.9. The van der Waals surface area contributed by atoms with E-state index in [-0.39, 0.29) is 34.2 Å². The minimum Gasteiger partial charge on any atom is -0.504 e. The average Bonchev–Trinajstić information content (AvgIpc) is 2.66. The lowest BCUT2D eigenvalue weighted by Gasteiger charge is -2.03. The summed E-state index contributed by atoms with van der Waals surface area (Å²) in [5.41, 5.74) is 1.33. The summed E-state index contributed by atoms with van der Waals surface area (Å²) >= 11 is 0. The van der Waals surface area contributed by atoms with Crippen molar-refractivity contribution < 1.29 is 34.0 Å². The number of ether oxygens (including phenoxy) is 2. The number of phenols is 2. The minimum atomic E-state index is -0.347. The Bertz CT molecular complexity index is 828. The highest BCUT2D eigenvalue weighted by Crippen LogP contribution is 2.27. The maximum absolute atomic E-state index is 11.9. The van der Waals surface area contributed by atoms with Crippen LogP contribution < -0.4 is 9.47 Å². The van der Waals surface area contributed by atoms with E-state index in [4.69, 9.17) is 9.47 Å². The molecule has 0 aliphatic heterocycles. The van der Waals surface area contributed by atoms with Gasteiger partial charge in [-0.15, -0.1) is 0 Å². The number of carbonyl (C=O) groups excluding carboxylic acids is 2. The number of hydrogen-bond acceptors (Lipinski definition) is 6. The summed E-state index contributed by atoms with van der Waals surface area (Å²) in [5.74, 6) is -0.0832. The van der Waals surface area contributed by atoms with Crippen molar-refractivity contribution in [1.82, 2.24) is 0 Å². The summed E-state index contributed by atoms with van der Waals surface area (Å²) < 4.78 is 10.00. The van der Waals surface area contributed by atoms with E-state index < -0.39 is 0 Å². The Morgan fingerprint density at radius 2 is 1.21 bits per heavy atom. The van der Waals surface area contributed by atoms with E-state index >= 15 is 0 Å². The van der Waals surface area contributed by atoms with Gasteiger partial charge in [-0.1, -0.05) is 24.3 Å². The number of phenolic OH excluding ortho intramolecular Hbond substituents is 2. The fourth-order valence-corrected chi connectivity index (χ4v) is 2.26. The van der Waals surface area contributed by atoms with Crippen LogP contribution in [0.5, 0.6) is 23.0 Å². The van der Waals surface area contributed by atoms with Gasteiger partial charge in [-0.3, -0.25) is 14.3 Å². The summed E-state index contributed by atoms with van der Waals surface area (Å²) in [5, 5.41) is 19.1. The fourth-order valence-electron chi connectivity index (χ4n) is 2.26. The second kappa shape index (κ2) is 10.5. The SMILES string of the molecule is COc1cc(/C=C/C(=O)CC(=O)/C=C/c2ccc(O)c(OC)c2)ccc1O.F. The monoisotopic (exact) mass is 388 g/mol. The van der Waals surface area contributed by atoms with Gasteiger partial charge in [-0.05, 0) is 47.5 Å². The summed E-state index contributed by atoms with van der Waals surface area (Å²) in [6.45, 7) is 0. The Labute approximate surface area is 161 Å². The highest BCUT2D eigenvalue weighted by molar-refractivity contribution is 6.10. The standard InChI is InChI=1S/C21H20O6.FH/c1-26-20-11-14(5-9-18(20)24)3-7-16(22)13-17(23)8-4-15-6-10-19(25)21(12-15)27-2;/h3-12,24-25H,13H2,1-2H3;1H/b7-3+,8-4+;. The molecule has 7 heteroatoms. The summed E-state index contributed by atoms with van der Waals surface area (Å²) in [6, 6.07) is 9.34. The first-order valence-electron chi connectivity index (χ1n) is 8.08. The van der Waals surface area contributed by atoms with Crippen molar-refractivity contribution in [2.24, 2.45) is 0 Å². The van der Waals surface area contributed by atoms with Crippen LogP contribution >= 0.6 is 0 Å². The molecule has 0 bridgehead atoms. The van der Waals surface area contributed by atoms with Gasteiger partial charge in [-0.2, -0.15) is 0 Å². The normalized spacial score (nSPS) is 10.6. The van der Waals surface area contributed by atoms with Gasteiger partial charge in [0.25, 0.3) is 0 Å². The molecule has 0 fully saturated rings. The Balaban J connectivity index is 0.00000392. The van der Waals surface area contributed by atoms with Gasteiger partial charge in [0.05, 0.1) is 20.6 Å². The number of halogens is 1. The fraction of sp³-hybridized carbons (Fsp3) is 0.143. The average molecular weight is 388 g/mol. The van der Waals surface area contributed by atoms with Gasteiger partial charge >= 0.3 is 0 Å². The molecular formula is C21H21FO6. The third-order valence-electron chi connectivity index (χ3n) is 3.68. The molecule has 0 aromatic heterocycles. The Morgan fingerprint density at radius 3 is 1.57 bits per heavy atom. The zero-order chi connectivity index (χ0) is 19.8. The summed E-state index contributed by atoms with van der Waals surface area (Å²) in [4.78, 5) is 23.9. The molecule has 2 N–H and O–H groups in total. The third-order valence-corrected chi connectivity index (χ3v) is 3.68. The number of methoxy groups -OCH3 is 2. The maximum atomic E-state index is 11.9. The molecule has 6 nitrogen and oxygen atoms in total. The van der Waals surface area contributed by atoms with E-state index in [0.29, 0.717) is 22.6 Å². The smallest absolute Gasteiger partial charge is 0.163 e. The molecule has 0 amide bonds. The Kier molecular flexibility index (Phi) is 8.43. The first-order valence-corrected chi connectivity index (χ1v) is 8.08. The number of rotatable bonds is 8. The van der Waals surface area contributed by atoms with E-state index in [0.717, 1.165) is 0 Å². The first kappa shape index (κ1) is 22.4. The van der Waals surface area contributed by atoms with Crippen LogP contribution in [0.1, 0.15) is 17.5 Å². The van der Waals surface area contributed by atoms with Gasteiger partial charge in [0, 0.05) is 0 Å². The predicted molar refractivity (Wildman–Crippen MR) is 105 cm³/mol. The maximum Gasteiger partial charge on any atom is 0.163 e. The minimum absolute atomic E-state index is 0. The van der Waals surface area contributed by atoms with Gasteiger partial charge in [0.2, 0.25) is 0 Å². The van der Waals surface area contributed by atoms with E-state index in [1.807, 2.05) is 0 Å². The van der Waals surface area contributed by atoms with E-state index in [1.54, 1.807) is 36.4 Å². The van der Waals surface area contributed by atoms with Crippen molar-refractivity contribution in [3.8, 4) is 23.0 Å². The topological polar surface area (TPSA) is 93.1 Å². The van der Waals surface area contributed by atoms with Gasteiger partial charge in [0.1, 0.15) is 0 Å². The van der Waals surface area contributed by atoms with Crippen LogP contribution in [0.15, 0.2) is 48.6 Å². The van der Waals surface area contributed by atoms with Crippen molar-refractivity contribution in [3.05, 3.63) is 59.7 Å². The predicted octanol–water partition coefficient (Wildman–Crippen LogP) is 3.52. The van der Waals surface area contributed by atoms with Crippen molar-refractivity contribution in [2.75, 3.05) is 14.2 Å². The third kappa shape index (κ3) is 6.28. The number of ketones is 2. The molecule has 0 radical (unpaired) electrons. The Hall–Kier alpha value is -3.61. The van der Waals surface area contributed by atoms with Gasteiger partial charge in [0.15, 0.2) is 34.6 Å². The van der Waals surface area contributed by atoms with Crippen molar-refractivity contribution in [3.63, 3.8) is 0 Å². The molecule has 0 atom stereocenters. The molecule has 2 aromatic carbocycles. The molecule has 0 unspecified atom stereocenters. The van der Waals surface area contributed by atoms with Crippen molar-refractivity contribution >= 4 is 23.7 Å². The van der Waals surface area contributed by atoms with Crippen LogP contribution in [0.4, 0.5) is 4.70 Å². The van der Waals surface area contributed by atoms with E-state index in [2.05, 4.69) is 0 Å². The van der Waals surface area contributed by atoms with E-state index in [1.165, 1.54) is 38.5 Å². The lowest BCUT2D eigenvalue weighted by Crippen LogP contribution is -2.01. The Morgan fingerprint density at radius 1 is 0.821 bits per heavy atom. The quantitative estimate of drug-likeness (QED) is 0.531. The molecule has 0 saturated carbocycles. The van der Waals surface area contributed by atoms with Crippen LogP contribution in [0, 0.1) is 0 Å². The van der Waals surface area contributed by atoms with Crippen LogP contribution in [-0.4, -0.2) is 36.0 Å². The molecule has 2 aromatic rings. The molecule has 2 rings (SSSR count). The largest absolute Gasteiger partial charge is 0.504 e. The van der Waals surface area contributed by atoms with Crippen molar-refractivity contribution in [1.29, 1.82) is 0 Å². The molecule has 0 aliphatic rings. The molecule has 0 spiro atoms. The summed E-state index contributed by atoms with van der Waals surface area (Å²) in [7, 11) is 2.87. The second-order valence-corrected chi connectivity index (χ2v) is 5.64. The number of carbonyl (C=O) groups is 2. The van der Waals surface area contributed by atoms with Gasteiger partial charge < -0.3 is 19.7 Å². The highest BCUT2D eigenvalue weighted by Gasteiger charge is 2.06. The number of aromatic hydroxyl groups is 2. The lowest BCUT2D eigenvalue weighted by molar-refractivity contribution is -0.121. The van der Waals surface area contributed by atoms with Crippen molar-refractivity contribution in [2.45, 2.75) is 6.42 Å². The number of allylic oxidation sites excluding steroid dienone is 2. The van der Waals surface area contributed by atoms with Crippen LogP contribution in [0.25, 0.3) is 12.2 Å². The van der Waals surface area contributed by atoms with Crippen LogP contribution in [0.2, 0.25) is 0 Å². The molecule has 0 saturated heterocycles. The number of hydrogen-bond donors (Lipinski definition) is 2. The zero-order valence-corrected chi connectivity index (χ0v) is 15.4. The van der Waals surface area contributed by atoms with Crippen LogP contribution in [-0.2, 0) is 9.59 Å². The molecule has 28 heavy (non-hydrogen) atoms. The second-order valence-electron chi connectivity index (χ2n) is 5.64. The zero-order valence-electron chi connectivity index (χ0n) is 15.4.